The van der Waals surface area contributed by atoms with E-state index in [0.29, 0.717) is 24.2 Å². The molecule has 1 aliphatic rings. The maximum atomic E-state index is 13.0. The van der Waals surface area contributed by atoms with E-state index in [4.69, 9.17) is 16.6 Å². The van der Waals surface area contributed by atoms with Crippen LogP contribution in [0.5, 0.6) is 0 Å². The molecule has 1 atom stereocenters. The van der Waals surface area contributed by atoms with Gasteiger partial charge in [0.25, 0.3) is 5.56 Å². The highest BCUT2D eigenvalue weighted by molar-refractivity contribution is 7.80. The predicted molar refractivity (Wildman–Crippen MR) is 133 cm³/mol. The molecule has 7 heteroatoms. The first-order valence-corrected chi connectivity index (χ1v) is 11.8. The molecule has 1 saturated heterocycles. The first-order valence-electron chi connectivity index (χ1n) is 11.4. The van der Waals surface area contributed by atoms with Crippen molar-refractivity contribution in [3.05, 3.63) is 69.4 Å². The summed E-state index contributed by atoms with van der Waals surface area (Å²) in [5, 5.41) is 5.01. The van der Waals surface area contributed by atoms with E-state index < -0.39 is 0 Å². The number of aromatic nitrogens is 1. The zero-order valence-electron chi connectivity index (χ0n) is 19.1. The van der Waals surface area contributed by atoms with Crippen LogP contribution in [0, 0.1) is 13.8 Å². The van der Waals surface area contributed by atoms with Gasteiger partial charge in [0.2, 0.25) is 0 Å². The number of furan rings is 1. The van der Waals surface area contributed by atoms with Crippen LogP contribution in [-0.4, -0.2) is 45.6 Å². The second-order valence-electron chi connectivity index (χ2n) is 8.64. The van der Waals surface area contributed by atoms with Gasteiger partial charge in [0, 0.05) is 18.2 Å². The van der Waals surface area contributed by atoms with Crippen LogP contribution in [0.25, 0.3) is 10.9 Å². The Balaban J connectivity index is 1.58. The highest BCUT2D eigenvalue weighted by atomic mass is 32.1. The molecule has 1 fully saturated rings. The second kappa shape index (κ2) is 9.88. The zero-order valence-corrected chi connectivity index (χ0v) is 19.9. The molecule has 4 rings (SSSR count). The number of rotatable bonds is 7. The molecule has 1 unspecified atom stereocenters. The van der Waals surface area contributed by atoms with Gasteiger partial charge in [-0.2, -0.15) is 0 Å². The van der Waals surface area contributed by atoms with E-state index in [0.717, 1.165) is 53.8 Å². The summed E-state index contributed by atoms with van der Waals surface area (Å²) in [6.07, 6.45) is 4.01. The van der Waals surface area contributed by atoms with Gasteiger partial charge in [-0.25, -0.2) is 0 Å². The van der Waals surface area contributed by atoms with Crippen LogP contribution in [0.4, 0.5) is 0 Å². The number of likely N-dealkylation sites (N-methyl/N-ethyl adjacent to an activating group) is 1. The van der Waals surface area contributed by atoms with Gasteiger partial charge in [-0.1, -0.05) is 19.1 Å². The lowest BCUT2D eigenvalue weighted by atomic mass is 10.0. The quantitative estimate of drug-likeness (QED) is 0.526. The minimum atomic E-state index is -0.0520. The number of aromatic amines is 1. The van der Waals surface area contributed by atoms with Gasteiger partial charge in [-0.3, -0.25) is 9.69 Å². The number of hydrogen-bond donors (Lipinski definition) is 2. The summed E-state index contributed by atoms with van der Waals surface area (Å²) in [5.74, 6) is 0.831. The molecule has 32 heavy (non-hydrogen) atoms. The normalized spacial score (nSPS) is 16.5. The average Bonchev–Trinajstić information content (AvgIpc) is 3.47. The SMILES string of the molecule is CCN1CCCC1CN(Cc1cc2ccc(C)c(C)c2[nH]c1=O)C(=S)NCc1ccco1. The summed E-state index contributed by atoms with van der Waals surface area (Å²) in [4.78, 5) is 20.7. The van der Waals surface area contributed by atoms with Gasteiger partial charge in [0.05, 0.1) is 24.9 Å². The summed E-state index contributed by atoms with van der Waals surface area (Å²) in [5.41, 5.74) is 3.87. The fourth-order valence-electron chi connectivity index (χ4n) is 4.57. The first-order chi connectivity index (χ1) is 15.5. The molecule has 1 aliphatic heterocycles. The summed E-state index contributed by atoms with van der Waals surface area (Å²) < 4.78 is 5.43. The topological polar surface area (TPSA) is 64.5 Å². The minimum Gasteiger partial charge on any atom is -0.467 e. The fourth-order valence-corrected chi connectivity index (χ4v) is 4.78. The number of fused-ring (bicyclic) bond motifs is 1. The molecule has 0 aliphatic carbocycles. The maximum absolute atomic E-state index is 13.0. The van der Waals surface area contributed by atoms with E-state index in [1.165, 1.54) is 12.0 Å². The number of H-pyrrole nitrogens is 1. The number of nitrogens with one attached hydrogen (secondary N) is 2. The molecule has 0 saturated carbocycles. The van der Waals surface area contributed by atoms with Crippen molar-refractivity contribution in [2.75, 3.05) is 19.6 Å². The maximum Gasteiger partial charge on any atom is 0.253 e. The number of thiocarbonyl (C=S) groups is 1. The smallest absolute Gasteiger partial charge is 0.253 e. The molecule has 6 nitrogen and oxygen atoms in total. The largest absolute Gasteiger partial charge is 0.467 e. The van der Waals surface area contributed by atoms with E-state index in [1.54, 1.807) is 6.26 Å². The molecule has 0 radical (unpaired) electrons. The number of pyridine rings is 1. The summed E-state index contributed by atoms with van der Waals surface area (Å²) in [7, 11) is 0. The van der Waals surface area contributed by atoms with Gasteiger partial charge in [-0.05, 0) is 86.7 Å². The van der Waals surface area contributed by atoms with Crippen LogP contribution in [0.15, 0.2) is 45.8 Å². The Labute approximate surface area is 194 Å². The summed E-state index contributed by atoms with van der Waals surface area (Å²) in [6.45, 7) is 10.3. The third-order valence-electron chi connectivity index (χ3n) is 6.61. The number of benzene rings is 1. The van der Waals surface area contributed by atoms with Gasteiger partial charge in [0.15, 0.2) is 5.11 Å². The third-order valence-corrected chi connectivity index (χ3v) is 7.01. The molecular formula is C25H32N4O2S. The van der Waals surface area contributed by atoms with Crippen molar-refractivity contribution in [1.82, 2.24) is 20.1 Å². The van der Waals surface area contributed by atoms with Crippen molar-refractivity contribution >= 4 is 28.2 Å². The molecule has 0 bridgehead atoms. The van der Waals surface area contributed by atoms with Crippen LogP contribution in [0.3, 0.4) is 0 Å². The van der Waals surface area contributed by atoms with E-state index in [2.05, 4.69) is 46.1 Å². The van der Waals surface area contributed by atoms with E-state index in [-0.39, 0.29) is 5.56 Å². The van der Waals surface area contributed by atoms with Crippen molar-refractivity contribution in [3.63, 3.8) is 0 Å². The molecule has 2 N–H and O–H groups in total. The Morgan fingerprint density at radius 1 is 1.34 bits per heavy atom. The Hall–Kier alpha value is -2.64. The molecule has 2 aromatic heterocycles. The van der Waals surface area contributed by atoms with Crippen molar-refractivity contribution < 1.29 is 4.42 Å². The third kappa shape index (κ3) is 4.89. The molecule has 1 aromatic carbocycles. The molecule has 3 heterocycles. The van der Waals surface area contributed by atoms with E-state index in [9.17, 15) is 4.79 Å². The van der Waals surface area contributed by atoms with Crippen molar-refractivity contribution in [2.24, 2.45) is 0 Å². The minimum absolute atomic E-state index is 0.0520. The van der Waals surface area contributed by atoms with Crippen LogP contribution in [0.2, 0.25) is 0 Å². The highest BCUT2D eigenvalue weighted by Crippen LogP contribution is 2.21. The predicted octanol–water partition coefficient (Wildman–Crippen LogP) is 4.10. The van der Waals surface area contributed by atoms with Gasteiger partial charge < -0.3 is 19.6 Å². The Morgan fingerprint density at radius 3 is 2.94 bits per heavy atom. The van der Waals surface area contributed by atoms with Gasteiger partial charge in [0.1, 0.15) is 5.76 Å². The lowest BCUT2D eigenvalue weighted by molar-refractivity contribution is 0.219. The fraction of sp³-hybridized carbons (Fsp3) is 0.440. The van der Waals surface area contributed by atoms with E-state index in [1.807, 2.05) is 25.1 Å². The number of nitrogens with zero attached hydrogens (tertiary/aromatic N) is 2. The van der Waals surface area contributed by atoms with Crippen LogP contribution in [-0.2, 0) is 13.1 Å². The lowest BCUT2D eigenvalue weighted by Crippen LogP contribution is -2.46. The van der Waals surface area contributed by atoms with Crippen molar-refractivity contribution in [2.45, 2.75) is 52.7 Å². The van der Waals surface area contributed by atoms with Crippen LogP contribution >= 0.6 is 12.2 Å². The Morgan fingerprint density at radius 2 is 2.19 bits per heavy atom. The average molecular weight is 453 g/mol. The first kappa shape index (κ1) is 22.6. The second-order valence-corrected chi connectivity index (χ2v) is 9.03. The van der Waals surface area contributed by atoms with E-state index >= 15 is 0 Å². The van der Waals surface area contributed by atoms with Crippen LogP contribution < -0.4 is 10.9 Å². The molecule has 3 aromatic rings. The standard InChI is InChI=1S/C25H32N4O2S/c1-4-28-11-5-7-21(28)16-29(25(32)26-14-22-8-6-12-31-22)15-20-13-19-10-9-17(2)18(3)23(19)27-24(20)30/h6,8-10,12-13,21H,4-5,7,11,14-16H2,1-3H3,(H,26,32)(H,27,30). The highest BCUT2D eigenvalue weighted by Gasteiger charge is 2.26. The van der Waals surface area contributed by atoms with Gasteiger partial charge >= 0.3 is 0 Å². The van der Waals surface area contributed by atoms with Crippen molar-refractivity contribution in [1.29, 1.82) is 0 Å². The molecular weight excluding hydrogens is 420 g/mol. The zero-order chi connectivity index (χ0) is 22.7. The molecule has 0 spiro atoms. The Kier molecular flexibility index (Phi) is 6.96. The molecule has 170 valence electrons. The van der Waals surface area contributed by atoms with Crippen molar-refractivity contribution in [3.8, 4) is 0 Å². The Bertz CT molecular complexity index is 1140. The van der Waals surface area contributed by atoms with Gasteiger partial charge in [-0.15, -0.1) is 0 Å². The molecule has 0 amide bonds. The number of likely N-dealkylation sites (tertiary alicyclic amines) is 1. The van der Waals surface area contributed by atoms with Crippen LogP contribution in [0.1, 0.15) is 42.2 Å². The lowest BCUT2D eigenvalue weighted by Gasteiger charge is -2.32. The summed E-state index contributed by atoms with van der Waals surface area (Å²) >= 11 is 5.78. The summed E-state index contributed by atoms with van der Waals surface area (Å²) in [6, 6.07) is 10.4. The monoisotopic (exact) mass is 452 g/mol. The number of hydrogen-bond acceptors (Lipinski definition) is 4. The number of aryl methyl sites for hydroxylation is 2.